The molecule has 0 radical (unpaired) electrons. The molecule has 0 aromatic carbocycles. The Hall–Kier alpha value is -2.23. The summed E-state index contributed by atoms with van der Waals surface area (Å²) in [7, 11) is 0. The SMILES string of the molecule is [CH3-].[CH3-].[Zn+2].[Zn+2].c1ccc(C[N-]Cc2ccccn2)nc1.c1ccc(C[N-]Cc2ccccn2)nc1. The van der Waals surface area contributed by atoms with Crippen molar-refractivity contribution in [2.45, 2.75) is 26.2 Å². The van der Waals surface area contributed by atoms with E-state index in [1.807, 2.05) is 72.8 Å². The van der Waals surface area contributed by atoms with Crippen molar-refractivity contribution in [1.29, 1.82) is 0 Å². The normalized spacial score (nSPS) is 8.94. The van der Waals surface area contributed by atoms with Gasteiger partial charge in [-0.1, -0.05) is 24.3 Å². The maximum absolute atomic E-state index is 4.39. The molecule has 0 N–H and O–H groups in total. The number of rotatable bonds is 8. The van der Waals surface area contributed by atoms with E-state index in [1.165, 1.54) is 0 Å². The molecule has 0 bridgehead atoms. The molecule has 8 heteroatoms. The molecule has 0 unspecified atom stereocenters. The van der Waals surface area contributed by atoms with Crippen molar-refractivity contribution in [2.75, 3.05) is 0 Å². The first-order valence-corrected chi connectivity index (χ1v) is 9.76. The Morgan fingerprint density at radius 3 is 0.824 bits per heavy atom. The summed E-state index contributed by atoms with van der Waals surface area (Å²) in [5.74, 6) is 0. The van der Waals surface area contributed by atoms with Gasteiger partial charge in [0.25, 0.3) is 0 Å². The van der Waals surface area contributed by atoms with Gasteiger partial charge in [-0.15, -0.1) is 26.2 Å². The fraction of sp³-hybridized carbons (Fsp3) is 0.154. The number of nitrogens with zero attached hydrogens (tertiary/aromatic N) is 6. The van der Waals surface area contributed by atoms with Crippen LogP contribution >= 0.6 is 0 Å². The van der Waals surface area contributed by atoms with Crippen LogP contribution in [0.3, 0.4) is 0 Å². The van der Waals surface area contributed by atoms with Gasteiger partial charge in [-0.25, -0.2) is 0 Å². The van der Waals surface area contributed by atoms with Crippen LogP contribution in [0, 0.1) is 14.9 Å². The average Bonchev–Trinajstić information content (AvgIpc) is 2.82. The Morgan fingerprint density at radius 1 is 0.412 bits per heavy atom. The Morgan fingerprint density at radius 2 is 0.647 bits per heavy atom. The zero-order valence-electron chi connectivity index (χ0n) is 20.2. The van der Waals surface area contributed by atoms with Crippen LogP contribution in [0.5, 0.6) is 0 Å². The standard InChI is InChI=1S/2C12H12N3.2CH3.2Zn/c2*1-3-7-14-11(5-1)9-13-10-12-6-2-4-8-15-12;;;;/h2*1-8H,9-10H2;2*1H3;;/q4*-1;2*+2. The molecule has 6 nitrogen and oxygen atoms in total. The third-order valence-corrected chi connectivity index (χ3v) is 4.00. The van der Waals surface area contributed by atoms with Crippen molar-refractivity contribution in [2.24, 2.45) is 0 Å². The summed E-state index contributed by atoms with van der Waals surface area (Å²) in [4.78, 5) is 16.8. The summed E-state index contributed by atoms with van der Waals surface area (Å²) < 4.78 is 0. The van der Waals surface area contributed by atoms with Crippen LogP contribution in [0.4, 0.5) is 0 Å². The third kappa shape index (κ3) is 14.1. The van der Waals surface area contributed by atoms with Crippen molar-refractivity contribution in [3.63, 3.8) is 0 Å². The van der Waals surface area contributed by atoms with E-state index in [4.69, 9.17) is 0 Å². The predicted octanol–water partition coefficient (Wildman–Crippen LogP) is 6.00. The van der Waals surface area contributed by atoms with Crippen molar-refractivity contribution in [3.05, 3.63) is 146 Å². The Balaban J connectivity index is 0. The van der Waals surface area contributed by atoms with Crippen LogP contribution in [-0.2, 0) is 65.1 Å². The third-order valence-electron chi connectivity index (χ3n) is 4.00. The Bertz CT molecular complexity index is 786. The number of hydrogen-bond donors (Lipinski definition) is 0. The van der Waals surface area contributed by atoms with E-state index in [0.717, 1.165) is 22.8 Å². The zero-order chi connectivity index (χ0) is 20.7. The quantitative estimate of drug-likeness (QED) is 0.197. The van der Waals surface area contributed by atoms with Gasteiger partial charge in [0.15, 0.2) is 0 Å². The molecule has 4 rings (SSSR count). The molecule has 4 heterocycles. The van der Waals surface area contributed by atoms with Crippen LogP contribution in [0.25, 0.3) is 10.6 Å². The molecule has 0 fully saturated rings. The van der Waals surface area contributed by atoms with Crippen molar-refractivity contribution >= 4 is 0 Å². The van der Waals surface area contributed by atoms with Gasteiger partial charge in [-0.3, -0.25) is 19.9 Å². The summed E-state index contributed by atoms with van der Waals surface area (Å²) in [6.45, 7) is 2.60. The fourth-order valence-corrected chi connectivity index (χ4v) is 2.54. The first-order valence-electron chi connectivity index (χ1n) is 9.76. The average molecular weight is 557 g/mol. The summed E-state index contributed by atoms with van der Waals surface area (Å²) >= 11 is 0. The molecule has 0 spiro atoms. The Labute approximate surface area is 230 Å². The maximum atomic E-state index is 4.39. The zero-order valence-corrected chi connectivity index (χ0v) is 26.1. The second-order valence-corrected chi connectivity index (χ2v) is 6.36. The van der Waals surface area contributed by atoms with Crippen molar-refractivity contribution in [3.8, 4) is 0 Å². The number of pyridine rings is 4. The topological polar surface area (TPSA) is 79.8 Å². The molecule has 0 saturated carbocycles. The molecule has 0 aliphatic heterocycles. The molecule has 4 aromatic heterocycles. The summed E-state index contributed by atoms with van der Waals surface area (Å²) in [6.07, 6.45) is 7.13. The molecule has 0 aliphatic carbocycles. The van der Waals surface area contributed by atoms with E-state index in [-0.39, 0.29) is 53.8 Å². The van der Waals surface area contributed by atoms with E-state index >= 15 is 0 Å². The fourth-order valence-electron chi connectivity index (χ4n) is 2.54. The van der Waals surface area contributed by atoms with Crippen LogP contribution in [0.2, 0.25) is 0 Å². The van der Waals surface area contributed by atoms with Gasteiger partial charge in [0, 0.05) is 47.6 Å². The minimum atomic E-state index is 0. The smallest absolute Gasteiger partial charge is 0.652 e. The van der Waals surface area contributed by atoms with E-state index in [2.05, 4.69) is 30.6 Å². The largest absolute Gasteiger partial charge is 2.00 e. The minimum Gasteiger partial charge on any atom is -0.652 e. The molecular weight excluding hydrogens is 527 g/mol. The number of hydrogen-bond acceptors (Lipinski definition) is 4. The van der Waals surface area contributed by atoms with E-state index in [1.54, 1.807) is 24.8 Å². The first-order chi connectivity index (χ1) is 14.9. The molecular formula is C26H30N6Zn2. The molecule has 0 aliphatic rings. The van der Waals surface area contributed by atoms with E-state index in [9.17, 15) is 0 Å². The van der Waals surface area contributed by atoms with Gasteiger partial charge in [-0.05, 0) is 48.5 Å². The summed E-state index contributed by atoms with van der Waals surface area (Å²) in [5.41, 5.74) is 3.98. The van der Waals surface area contributed by atoms with Gasteiger partial charge in [0.2, 0.25) is 0 Å². The molecule has 4 aromatic rings. The van der Waals surface area contributed by atoms with Crippen LogP contribution in [0.1, 0.15) is 22.8 Å². The molecule has 0 atom stereocenters. The second-order valence-electron chi connectivity index (χ2n) is 6.36. The molecule has 0 saturated heterocycles. The van der Waals surface area contributed by atoms with Crippen LogP contribution in [0.15, 0.2) is 97.6 Å². The van der Waals surface area contributed by atoms with Crippen LogP contribution < -0.4 is 0 Å². The maximum Gasteiger partial charge on any atom is 2.00 e. The van der Waals surface area contributed by atoms with Crippen LogP contribution in [-0.4, -0.2) is 19.9 Å². The van der Waals surface area contributed by atoms with Gasteiger partial charge in [-0.2, -0.15) is 0 Å². The van der Waals surface area contributed by atoms with Gasteiger partial charge >= 0.3 is 39.0 Å². The molecule has 168 valence electrons. The van der Waals surface area contributed by atoms with Gasteiger partial charge < -0.3 is 25.5 Å². The Kier molecular flexibility index (Phi) is 21.3. The van der Waals surface area contributed by atoms with Crippen molar-refractivity contribution < 1.29 is 39.0 Å². The second kappa shape index (κ2) is 21.3. The summed E-state index contributed by atoms with van der Waals surface area (Å²) in [5, 5.41) is 8.77. The minimum absolute atomic E-state index is 0. The van der Waals surface area contributed by atoms with E-state index in [0.29, 0.717) is 26.2 Å². The van der Waals surface area contributed by atoms with Crippen molar-refractivity contribution in [1.82, 2.24) is 19.9 Å². The number of aromatic nitrogens is 4. The summed E-state index contributed by atoms with van der Waals surface area (Å²) in [6, 6.07) is 23.4. The molecule has 34 heavy (non-hydrogen) atoms. The first kappa shape index (κ1) is 33.9. The van der Waals surface area contributed by atoms with Gasteiger partial charge in [0.05, 0.1) is 0 Å². The monoisotopic (exact) mass is 554 g/mol. The predicted molar refractivity (Wildman–Crippen MR) is 131 cm³/mol. The van der Waals surface area contributed by atoms with E-state index < -0.39 is 0 Å². The molecule has 0 amide bonds. The van der Waals surface area contributed by atoms with Gasteiger partial charge in [0.1, 0.15) is 0 Å².